The van der Waals surface area contributed by atoms with Crippen LogP contribution in [0.5, 0.6) is 0 Å². The largest absolute Gasteiger partial charge is 0.481 e. The minimum atomic E-state index is -2.49. The van der Waals surface area contributed by atoms with Gasteiger partial charge in [0.1, 0.15) is 0 Å². The van der Waals surface area contributed by atoms with Gasteiger partial charge in [0.2, 0.25) is 6.43 Å². The maximum absolute atomic E-state index is 12.3. The molecule has 0 spiro atoms. The van der Waals surface area contributed by atoms with Gasteiger partial charge in [-0.15, -0.1) is 0 Å². The number of rotatable bonds is 5. The second kappa shape index (κ2) is 5.55. The van der Waals surface area contributed by atoms with Gasteiger partial charge >= 0.3 is 5.97 Å². The summed E-state index contributed by atoms with van der Waals surface area (Å²) in [5, 5.41) is 8.92. The topological polar surface area (TPSA) is 63.3 Å². The van der Waals surface area contributed by atoms with Crippen LogP contribution in [0.3, 0.4) is 0 Å². The molecule has 0 bridgehead atoms. The minimum absolute atomic E-state index is 0.102. The summed E-state index contributed by atoms with van der Waals surface area (Å²) in [6, 6.07) is 6.27. The van der Waals surface area contributed by atoms with Crippen LogP contribution in [0.25, 0.3) is 0 Å². The molecule has 0 saturated heterocycles. The van der Waals surface area contributed by atoms with Gasteiger partial charge in [-0.3, -0.25) is 4.79 Å². The first-order valence-electron chi connectivity index (χ1n) is 4.85. The zero-order valence-electron chi connectivity index (χ0n) is 8.57. The van der Waals surface area contributed by atoms with E-state index in [1.54, 1.807) is 12.1 Å². The summed E-state index contributed by atoms with van der Waals surface area (Å²) in [6.07, 6.45) is -2.94. The summed E-state index contributed by atoms with van der Waals surface area (Å²) in [5.74, 6) is -2.01. The Morgan fingerprint density at radius 2 is 2.00 bits per heavy atom. The molecule has 16 heavy (non-hydrogen) atoms. The van der Waals surface area contributed by atoms with Gasteiger partial charge in [-0.25, -0.2) is 8.78 Å². The van der Waals surface area contributed by atoms with E-state index in [4.69, 9.17) is 10.8 Å². The van der Waals surface area contributed by atoms with E-state index in [1.807, 2.05) is 0 Å². The van der Waals surface area contributed by atoms with E-state index in [0.717, 1.165) is 0 Å². The van der Waals surface area contributed by atoms with Crippen LogP contribution in [-0.2, 0) is 11.2 Å². The first-order valence-corrected chi connectivity index (χ1v) is 4.85. The Kier molecular flexibility index (Phi) is 4.37. The summed E-state index contributed by atoms with van der Waals surface area (Å²) in [6.45, 7) is -0.102. The van der Waals surface area contributed by atoms with Crippen LogP contribution in [0.4, 0.5) is 8.78 Å². The highest BCUT2D eigenvalue weighted by molar-refractivity contribution is 5.77. The van der Waals surface area contributed by atoms with Crippen LogP contribution in [-0.4, -0.2) is 24.0 Å². The Morgan fingerprint density at radius 1 is 1.38 bits per heavy atom. The summed E-state index contributed by atoms with van der Waals surface area (Å²) < 4.78 is 24.6. The standard InChI is InChI=1S/C11H13F2NO2/c12-10(13)5-7-3-1-2-4-8(7)9(6-14)11(15)16/h1-4,9-10H,5-6,14H2,(H,15,16). The maximum atomic E-state index is 12.3. The van der Waals surface area contributed by atoms with Crippen LogP contribution in [0, 0.1) is 0 Å². The van der Waals surface area contributed by atoms with Gasteiger partial charge in [-0.1, -0.05) is 24.3 Å². The van der Waals surface area contributed by atoms with Crippen molar-refractivity contribution in [2.24, 2.45) is 5.73 Å². The van der Waals surface area contributed by atoms with Gasteiger partial charge in [-0.2, -0.15) is 0 Å². The number of hydrogen-bond donors (Lipinski definition) is 2. The molecule has 0 fully saturated rings. The fourth-order valence-electron chi connectivity index (χ4n) is 1.59. The second-order valence-corrected chi connectivity index (χ2v) is 3.42. The third-order valence-corrected chi connectivity index (χ3v) is 2.34. The smallest absolute Gasteiger partial charge is 0.312 e. The van der Waals surface area contributed by atoms with Gasteiger partial charge in [0.15, 0.2) is 0 Å². The predicted molar refractivity (Wildman–Crippen MR) is 55.6 cm³/mol. The van der Waals surface area contributed by atoms with Gasteiger partial charge in [-0.05, 0) is 11.1 Å². The molecule has 3 nitrogen and oxygen atoms in total. The normalized spacial score (nSPS) is 12.8. The van der Waals surface area contributed by atoms with Gasteiger partial charge in [0, 0.05) is 13.0 Å². The van der Waals surface area contributed by atoms with E-state index in [0.29, 0.717) is 11.1 Å². The molecule has 1 aromatic carbocycles. The van der Waals surface area contributed by atoms with E-state index in [2.05, 4.69) is 0 Å². The first-order chi connectivity index (χ1) is 7.56. The number of alkyl halides is 2. The molecule has 3 N–H and O–H groups in total. The molecule has 0 radical (unpaired) electrons. The Labute approximate surface area is 91.9 Å². The number of aliphatic carboxylic acids is 1. The quantitative estimate of drug-likeness (QED) is 0.806. The zero-order valence-corrected chi connectivity index (χ0v) is 8.57. The lowest BCUT2D eigenvalue weighted by molar-refractivity contribution is -0.138. The number of benzene rings is 1. The zero-order chi connectivity index (χ0) is 12.1. The fraction of sp³-hybridized carbons (Fsp3) is 0.364. The van der Waals surface area contributed by atoms with E-state index in [-0.39, 0.29) is 6.54 Å². The second-order valence-electron chi connectivity index (χ2n) is 3.42. The number of carboxylic acid groups (broad SMARTS) is 1. The van der Waals surface area contributed by atoms with E-state index >= 15 is 0 Å². The molecule has 0 aromatic heterocycles. The van der Waals surface area contributed by atoms with E-state index in [9.17, 15) is 13.6 Å². The molecule has 0 aliphatic heterocycles. The first kappa shape index (κ1) is 12.6. The fourth-order valence-corrected chi connectivity index (χ4v) is 1.59. The van der Waals surface area contributed by atoms with Crippen molar-refractivity contribution >= 4 is 5.97 Å². The van der Waals surface area contributed by atoms with Gasteiger partial charge in [0.25, 0.3) is 0 Å². The molecular weight excluding hydrogens is 216 g/mol. The number of halogens is 2. The highest BCUT2D eigenvalue weighted by Crippen LogP contribution is 2.21. The molecule has 1 rings (SSSR count). The Hall–Kier alpha value is -1.49. The minimum Gasteiger partial charge on any atom is -0.481 e. The van der Waals surface area contributed by atoms with Crippen molar-refractivity contribution in [2.75, 3.05) is 6.54 Å². The third-order valence-electron chi connectivity index (χ3n) is 2.34. The highest BCUT2D eigenvalue weighted by Gasteiger charge is 2.21. The average molecular weight is 229 g/mol. The Bertz CT molecular complexity index is 369. The van der Waals surface area contributed by atoms with Crippen LogP contribution >= 0.6 is 0 Å². The van der Waals surface area contributed by atoms with Crippen molar-refractivity contribution < 1.29 is 18.7 Å². The monoisotopic (exact) mass is 229 g/mol. The molecule has 0 heterocycles. The van der Waals surface area contributed by atoms with Gasteiger partial charge in [0.05, 0.1) is 5.92 Å². The van der Waals surface area contributed by atoms with Crippen LogP contribution in [0.2, 0.25) is 0 Å². The molecule has 0 aliphatic carbocycles. The summed E-state index contributed by atoms with van der Waals surface area (Å²) in [4.78, 5) is 10.9. The Balaban J connectivity index is 3.05. The molecule has 0 aliphatic rings. The van der Waals surface area contributed by atoms with E-state index in [1.165, 1.54) is 12.1 Å². The summed E-state index contributed by atoms with van der Waals surface area (Å²) >= 11 is 0. The molecule has 5 heteroatoms. The van der Waals surface area contributed by atoms with Crippen LogP contribution < -0.4 is 5.73 Å². The number of hydrogen-bond acceptors (Lipinski definition) is 2. The highest BCUT2D eigenvalue weighted by atomic mass is 19.3. The molecule has 1 atom stereocenters. The number of carboxylic acids is 1. The van der Waals surface area contributed by atoms with Crippen LogP contribution in [0.1, 0.15) is 17.0 Å². The third kappa shape index (κ3) is 3.00. The van der Waals surface area contributed by atoms with Crippen LogP contribution in [0.15, 0.2) is 24.3 Å². The van der Waals surface area contributed by atoms with Crippen molar-refractivity contribution in [1.82, 2.24) is 0 Å². The van der Waals surface area contributed by atoms with E-state index < -0.39 is 24.7 Å². The maximum Gasteiger partial charge on any atom is 0.312 e. The average Bonchev–Trinajstić information content (AvgIpc) is 2.20. The van der Waals surface area contributed by atoms with Crippen molar-refractivity contribution in [2.45, 2.75) is 18.8 Å². The summed E-state index contributed by atoms with van der Waals surface area (Å²) in [5.41, 5.74) is 6.05. The molecule has 0 amide bonds. The predicted octanol–water partition coefficient (Wildman–Crippen LogP) is 1.62. The summed E-state index contributed by atoms with van der Waals surface area (Å²) in [7, 11) is 0. The molecule has 88 valence electrons. The van der Waals surface area contributed by atoms with Crippen molar-refractivity contribution in [3.63, 3.8) is 0 Å². The Morgan fingerprint density at radius 3 is 2.50 bits per heavy atom. The SMILES string of the molecule is NCC(C(=O)O)c1ccccc1CC(F)F. The van der Waals surface area contributed by atoms with Crippen molar-refractivity contribution in [3.05, 3.63) is 35.4 Å². The molecule has 0 saturated carbocycles. The number of nitrogens with two attached hydrogens (primary N) is 1. The van der Waals surface area contributed by atoms with Crippen molar-refractivity contribution in [3.8, 4) is 0 Å². The molecular formula is C11H13F2NO2. The number of carbonyl (C=O) groups is 1. The lowest BCUT2D eigenvalue weighted by atomic mass is 9.93. The molecule has 1 aromatic rings. The molecule has 1 unspecified atom stereocenters. The van der Waals surface area contributed by atoms with Crippen molar-refractivity contribution in [1.29, 1.82) is 0 Å². The lowest BCUT2D eigenvalue weighted by Gasteiger charge is -2.14. The lowest BCUT2D eigenvalue weighted by Crippen LogP contribution is -2.22. The van der Waals surface area contributed by atoms with Gasteiger partial charge < -0.3 is 10.8 Å².